The highest BCUT2D eigenvalue weighted by atomic mass is 32.1. The van der Waals surface area contributed by atoms with Crippen molar-refractivity contribution in [3.63, 3.8) is 0 Å². The predicted octanol–water partition coefficient (Wildman–Crippen LogP) is 5.30. The summed E-state index contributed by atoms with van der Waals surface area (Å²) < 4.78 is 11.4. The minimum atomic E-state index is -0.177. The molecule has 0 saturated carbocycles. The summed E-state index contributed by atoms with van der Waals surface area (Å²) in [7, 11) is 1.62. The van der Waals surface area contributed by atoms with E-state index in [0.717, 1.165) is 43.8 Å². The van der Waals surface area contributed by atoms with Gasteiger partial charge in [0.15, 0.2) is 11.5 Å². The number of ether oxygens (including phenoxy) is 2. The lowest BCUT2D eigenvalue weighted by atomic mass is 10.2. The number of methoxy groups -OCH3 is 1. The molecule has 0 bridgehead atoms. The molecule has 0 fully saturated rings. The monoisotopic (exact) mass is 416 g/mol. The van der Waals surface area contributed by atoms with Gasteiger partial charge in [-0.25, -0.2) is 0 Å². The molecule has 6 heteroatoms. The number of amides is 1. The number of anilines is 1. The van der Waals surface area contributed by atoms with Crippen molar-refractivity contribution in [3.05, 3.63) is 46.7 Å². The second-order valence-electron chi connectivity index (χ2n) is 6.75. The summed E-state index contributed by atoms with van der Waals surface area (Å²) in [5.41, 5.74) is 0.681. The maximum Gasteiger partial charge on any atom is 0.248 e. The highest BCUT2D eigenvalue weighted by molar-refractivity contribution is 7.10. The van der Waals surface area contributed by atoms with Gasteiger partial charge in [0, 0.05) is 29.3 Å². The van der Waals surface area contributed by atoms with Crippen molar-refractivity contribution < 1.29 is 14.3 Å². The molecule has 0 unspecified atom stereocenters. The largest absolute Gasteiger partial charge is 0.493 e. The van der Waals surface area contributed by atoms with Crippen LogP contribution in [0.4, 0.5) is 5.69 Å². The normalized spacial score (nSPS) is 11.2. The van der Waals surface area contributed by atoms with Crippen LogP contribution in [0.3, 0.4) is 0 Å². The Morgan fingerprint density at radius 2 is 1.93 bits per heavy atom. The number of nitrogens with one attached hydrogen (secondary N) is 1. The minimum Gasteiger partial charge on any atom is -0.493 e. The molecule has 0 radical (unpaired) electrons. The minimum absolute atomic E-state index is 0.177. The van der Waals surface area contributed by atoms with Crippen LogP contribution in [0.15, 0.2) is 41.8 Å². The van der Waals surface area contributed by atoms with Crippen molar-refractivity contribution in [1.29, 1.82) is 0 Å². The SMILES string of the molecule is CCCN(CCC)CCCOc1cc(NC(=O)C=Cc2cccs2)ccc1OC. The number of hydrogen-bond acceptors (Lipinski definition) is 5. The molecule has 158 valence electrons. The van der Waals surface area contributed by atoms with Crippen molar-refractivity contribution in [2.75, 3.05) is 38.7 Å². The van der Waals surface area contributed by atoms with Crippen molar-refractivity contribution >= 4 is 29.0 Å². The first-order valence-corrected chi connectivity index (χ1v) is 11.1. The summed E-state index contributed by atoms with van der Waals surface area (Å²) in [5.74, 6) is 1.13. The van der Waals surface area contributed by atoms with E-state index in [0.29, 0.717) is 23.8 Å². The molecule has 1 heterocycles. The Bertz CT molecular complexity index is 753. The van der Waals surface area contributed by atoms with Crippen LogP contribution in [0.2, 0.25) is 0 Å². The number of rotatable bonds is 13. The molecule has 1 amide bonds. The molecule has 29 heavy (non-hydrogen) atoms. The Hall–Kier alpha value is -2.31. The van der Waals surface area contributed by atoms with Gasteiger partial charge in [-0.1, -0.05) is 19.9 Å². The number of carbonyl (C=O) groups excluding carboxylic acids is 1. The van der Waals surface area contributed by atoms with Gasteiger partial charge in [0.1, 0.15) is 0 Å². The van der Waals surface area contributed by atoms with Gasteiger partial charge in [0.05, 0.1) is 13.7 Å². The lowest BCUT2D eigenvalue weighted by molar-refractivity contribution is -0.111. The molecule has 0 atom stereocenters. The zero-order valence-corrected chi connectivity index (χ0v) is 18.5. The van der Waals surface area contributed by atoms with E-state index in [9.17, 15) is 4.79 Å². The summed E-state index contributed by atoms with van der Waals surface area (Å²) in [4.78, 5) is 15.7. The highest BCUT2D eigenvalue weighted by Crippen LogP contribution is 2.30. The zero-order valence-electron chi connectivity index (χ0n) is 17.6. The summed E-state index contributed by atoms with van der Waals surface area (Å²) in [6, 6.07) is 9.36. The Labute approximate surface area is 178 Å². The fourth-order valence-corrected chi connectivity index (χ4v) is 3.65. The zero-order chi connectivity index (χ0) is 20.9. The first-order valence-electron chi connectivity index (χ1n) is 10.2. The number of hydrogen-bond donors (Lipinski definition) is 1. The van der Waals surface area contributed by atoms with Crippen LogP contribution in [0.25, 0.3) is 6.08 Å². The molecule has 5 nitrogen and oxygen atoms in total. The van der Waals surface area contributed by atoms with Gasteiger partial charge < -0.3 is 19.7 Å². The molecule has 2 aromatic rings. The van der Waals surface area contributed by atoms with Crippen molar-refractivity contribution in [2.24, 2.45) is 0 Å². The molecule has 0 aliphatic heterocycles. The van der Waals surface area contributed by atoms with Gasteiger partial charge >= 0.3 is 0 Å². The van der Waals surface area contributed by atoms with Crippen LogP contribution in [-0.2, 0) is 4.79 Å². The second-order valence-corrected chi connectivity index (χ2v) is 7.73. The molecule has 1 aromatic carbocycles. The highest BCUT2D eigenvalue weighted by Gasteiger charge is 2.08. The van der Waals surface area contributed by atoms with E-state index in [4.69, 9.17) is 9.47 Å². The smallest absolute Gasteiger partial charge is 0.248 e. The summed E-state index contributed by atoms with van der Waals surface area (Å²) in [6.07, 6.45) is 6.62. The van der Waals surface area contributed by atoms with Gasteiger partial charge in [0.25, 0.3) is 0 Å². The maximum absolute atomic E-state index is 12.2. The van der Waals surface area contributed by atoms with E-state index in [1.807, 2.05) is 35.7 Å². The van der Waals surface area contributed by atoms with E-state index < -0.39 is 0 Å². The van der Waals surface area contributed by atoms with Gasteiger partial charge in [-0.05, 0) is 62.0 Å². The third kappa shape index (κ3) is 8.30. The van der Waals surface area contributed by atoms with E-state index in [2.05, 4.69) is 24.1 Å². The molecular formula is C23H32N2O3S. The molecule has 1 N–H and O–H groups in total. The van der Waals surface area contributed by atoms with Crippen LogP contribution in [-0.4, -0.2) is 44.2 Å². The number of carbonyl (C=O) groups is 1. The van der Waals surface area contributed by atoms with Gasteiger partial charge in [0.2, 0.25) is 5.91 Å². The predicted molar refractivity (Wildman–Crippen MR) is 122 cm³/mol. The van der Waals surface area contributed by atoms with E-state index in [1.165, 1.54) is 6.08 Å². The molecular weight excluding hydrogens is 384 g/mol. The van der Waals surface area contributed by atoms with E-state index in [-0.39, 0.29) is 5.91 Å². The van der Waals surface area contributed by atoms with Gasteiger partial charge in [-0.2, -0.15) is 0 Å². The fourth-order valence-electron chi connectivity index (χ4n) is 3.03. The first-order chi connectivity index (χ1) is 14.2. The number of thiophene rings is 1. The van der Waals surface area contributed by atoms with Crippen LogP contribution >= 0.6 is 11.3 Å². The van der Waals surface area contributed by atoms with Crippen molar-refractivity contribution in [2.45, 2.75) is 33.1 Å². The average molecular weight is 417 g/mol. The van der Waals surface area contributed by atoms with E-state index >= 15 is 0 Å². The van der Waals surface area contributed by atoms with Crippen LogP contribution in [0.5, 0.6) is 11.5 Å². The average Bonchev–Trinajstić information content (AvgIpc) is 3.24. The van der Waals surface area contributed by atoms with E-state index in [1.54, 1.807) is 24.5 Å². The standard InChI is InChI=1S/C23H32N2O3S/c1-4-13-25(14-5-2)15-7-16-28-22-18-19(9-11-21(22)27-3)24-23(26)12-10-20-8-6-17-29-20/h6,8-12,17-18H,4-5,7,13-16H2,1-3H3,(H,24,26). The van der Waals surface area contributed by atoms with Crippen molar-refractivity contribution in [1.82, 2.24) is 4.90 Å². The van der Waals surface area contributed by atoms with Crippen LogP contribution < -0.4 is 14.8 Å². The first kappa shape index (κ1) is 23.0. The summed E-state index contributed by atoms with van der Waals surface area (Å²) >= 11 is 1.59. The summed E-state index contributed by atoms with van der Waals surface area (Å²) in [5, 5.41) is 4.85. The molecule has 0 spiro atoms. The molecule has 1 aromatic heterocycles. The molecule has 2 rings (SSSR count). The quantitative estimate of drug-likeness (QED) is 0.356. The fraction of sp³-hybridized carbons (Fsp3) is 0.435. The Kier molecular flexibility index (Phi) is 10.3. The molecule has 0 saturated heterocycles. The van der Waals surface area contributed by atoms with Crippen LogP contribution in [0.1, 0.15) is 38.0 Å². The number of benzene rings is 1. The van der Waals surface area contributed by atoms with Crippen LogP contribution in [0, 0.1) is 0 Å². The van der Waals surface area contributed by atoms with Crippen molar-refractivity contribution in [3.8, 4) is 11.5 Å². The summed E-state index contributed by atoms with van der Waals surface area (Å²) in [6.45, 7) is 8.29. The third-order valence-corrected chi connectivity index (χ3v) is 5.17. The Balaban J connectivity index is 1.89. The second kappa shape index (κ2) is 13.0. The molecule has 0 aliphatic carbocycles. The Morgan fingerprint density at radius 3 is 2.59 bits per heavy atom. The molecule has 0 aliphatic rings. The maximum atomic E-state index is 12.2. The van der Waals surface area contributed by atoms with Gasteiger partial charge in [-0.3, -0.25) is 4.79 Å². The lowest BCUT2D eigenvalue weighted by Gasteiger charge is -2.21. The third-order valence-electron chi connectivity index (χ3n) is 4.33. The lowest BCUT2D eigenvalue weighted by Crippen LogP contribution is -2.27. The Morgan fingerprint density at radius 1 is 1.14 bits per heavy atom. The topological polar surface area (TPSA) is 50.8 Å². The number of nitrogens with zero attached hydrogens (tertiary/aromatic N) is 1. The van der Waals surface area contributed by atoms with Gasteiger partial charge in [-0.15, -0.1) is 11.3 Å².